The fraction of sp³-hybridized carbons (Fsp3) is 0.571. The van der Waals surface area contributed by atoms with Crippen molar-refractivity contribution in [3.8, 4) is 11.4 Å². The third-order valence-electron chi connectivity index (χ3n) is 8.51. The molecule has 2 aliphatic heterocycles. The molecule has 3 aromatic rings. The van der Waals surface area contributed by atoms with Gasteiger partial charge in [0.1, 0.15) is 0 Å². The van der Waals surface area contributed by atoms with E-state index in [9.17, 15) is 9.59 Å². The van der Waals surface area contributed by atoms with E-state index in [4.69, 9.17) is 5.73 Å². The van der Waals surface area contributed by atoms with Crippen LogP contribution in [-0.4, -0.2) is 78.6 Å². The monoisotopic (exact) mass is 563 g/mol. The van der Waals surface area contributed by atoms with Gasteiger partial charge in [-0.3, -0.25) is 19.6 Å². The van der Waals surface area contributed by atoms with E-state index in [0.29, 0.717) is 34.7 Å². The molecule has 2 amide bonds. The summed E-state index contributed by atoms with van der Waals surface area (Å²) in [6.45, 7) is 8.17. The summed E-state index contributed by atoms with van der Waals surface area (Å²) in [5, 5.41) is 9.80. The number of hydrogen-bond donors (Lipinski definition) is 2. The fourth-order valence-electron chi connectivity index (χ4n) is 6.55. The number of carbonyl (C=O) groups excluding carboxylic acids is 2. The topological polar surface area (TPSA) is 135 Å². The first-order valence-corrected chi connectivity index (χ1v) is 15.0. The molecule has 12 heteroatoms. The zero-order chi connectivity index (χ0) is 28.0. The molecule has 3 aliphatic rings. The number of hydrogen-bond acceptors (Lipinski definition) is 9. The Morgan fingerprint density at radius 1 is 1.12 bits per heavy atom. The number of nitrogens with zero attached hydrogens (tertiary/aromatic N) is 7. The highest BCUT2D eigenvalue weighted by Gasteiger charge is 2.40. The van der Waals surface area contributed by atoms with E-state index in [-0.39, 0.29) is 29.6 Å². The van der Waals surface area contributed by atoms with Crippen molar-refractivity contribution >= 4 is 34.2 Å². The van der Waals surface area contributed by atoms with Crippen molar-refractivity contribution in [3.05, 3.63) is 34.1 Å². The number of nitrogens with one attached hydrogen (secondary N) is 1. The molecule has 2 saturated heterocycles. The van der Waals surface area contributed by atoms with E-state index in [1.165, 1.54) is 43.7 Å². The molecule has 3 aromatic heterocycles. The fourth-order valence-corrected chi connectivity index (χ4v) is 7.25. The molecule has 212 valence electrons. The standard InChI is InChI=1S/C28H37N9O2S/c1-28(2)14-17-15-30-26(29)32-22(17)24-21(28)23(34-35(24)3)25(39)33-27-31-18(16-40-27)13-20(38)37-11-7-19(8-12-37)36-9-5-4-6-10-36/h15-16,19H,4-14H2,1-3H3,(H2,29,30,32)(H,31,33,39). The summed E-state index contributed by atoms with van der Waals surface area (Å²) >= 11 is 1.32. The quantitative estimate of drug-likeness (QED) is 0.484. The molecule has 11 nitrogen and oxygen atoms in total. The van der Waals surface area contributed by atoms with Crippen LogP contribution < -0.4 is 11.1 Å². The summed E-state index contributed by atoms with van der Waals surface area (Å²) in [7, 11) is 1.81. The first-order chi connectivity index (χ1) is 19.2. The van der Waals surface area contributed by atoms with Gasteiger partial charge in [-0.15, -0.1) is 11.3 Å². The Kier molecular flexibility index (Phi) is 7.07. The normalized spacial score (nSPS) is 19.2. The number of thiazole rings is 1. The van der Waals surface area contributed by atoms with Crippen LogP contribution in [0.15, 0.2) is 11.6 Å². The number of nitrogen functional groups attached to an aromatic ring is 1. The Hall–Kier alpha value is -3.38. The molecule has 1 aliphatic carbocycles. The minimum Gasteiger partial charge on any atom is -0.368 e. The Morgan fingerprint density at radius 3 is 2.62 bits per heavy atom. The molecule has 0 spiro atoms. The van der Waals surface area contributed by atoms with Crippen LogP contribution in [0.1, 0.15) is 73.3 Å². The van der Waals surface area contributed by atoms with Crippen molar-refractivity contribution in [1.82, 2.24) is 34.5 Å². The number of likely N-dealkylation sites (tertiary alicyclic amines) is 2. The molecule has 0 atom stereocenters. The molecule has 5 heterocycles. The predicted octanol–water partition coefficient (Wildman–Crippen LogP) is 3.02. The number of amides is 2. The molecule has 6 rings (SSSR count). The van der Waals surface area contributed by atoms with Crippen molar-refractivity contribution in [2.24, 2.45) is 7.05 Å². The van der Waals surface area contributed by atoms with E-state index in [1.807, 2.05) is 17.3 Å². The van der Waals surface area contributed by atoms with Gasteiger partial charge in [-0.2, -0.15) is 5.10 Å². The van der Waals surface area contributed by atoms with Crippen LogP contribution in [0.25, 0.3) is 11.4 Å². The van der Waals surface area contributed by atoms with E-state index in [1.54, 1.807) is 10.9 Å². The molecule has 40 heavy (non-hydrogen) atoms. The van der Waals surface area contributed by atoms with Gasteiger partial charge >= 0.3 is 0 Å². The second-order valence-electron chi connectivity index (χ2n) is 11.8. The first kappa shape index (κ1) is 26.8. The van der Waals surface area contributed by atoms with Gasteiger partial charge in [-0.25, -0.2) is 15.0 Å². The van der Waals surface area contributed by atoms with Crippen molar-refractivity contribution < 1.29 is 9.59 Å². The number of aryl methyl sites for hydroxylation is 1. The lowest BCUT2D eigenvalue weighted by Gasteiger charge is -2.40. The number of carbonyl (C=O) groups is 2. The van der Waals surface area contributed by atoms with Crippen LogP contribution in [-0.2, 0) is 30.1 Å². The number of nitrogens with two attached hydrogens (primary N) is 1. The van der Waals surface area contributed by atoms with Gasteiger partial charge in [-0.1, -0.05) is 20.3 Å². The number of piperidine rings is 2. The maximum atomic E-state index is 13.4. The highest BCUT2D eigenvalue weighted by Crippen LogP contribution is 2.43. The van der Waals surface area contributed by atoms with Crippen LogP contribution in [0.3, 0.4) is 0 Å². The zero-order valence-corrected chi connectivity index (χ0v) is 24.3. The van der Waals surface area contributed by atoms with E-state index in [0.717, 1.165) is 42.8 Å². The van der Waals surface area contributed by atoms with E-state index >= 15 is 0 Å². The maximum absolute atomic E-state index is 13.4. The molecule has 3 N–H and O–H groups in total. The average Bonchev–Trinajstić information content (AvgIpc) is 3.54. The second-order valence-corrected chi connectivity index (χ2v) is 12.7. The summed E-state index contributed by atoms with van der Waals surface area (Å²) in [6, 6.07) is 0.603. The number of aromatic nitrogens is 5. The lowest BCUT2D eigenvalue weighted by atomic mass is 9.73. The van der Waals surface area contributed by atoms with Gasteiger partial charge in [0.15, 0.2) is 10.8 Å². The SMILES string of the molecule is Cn1nc(C(=O)Nc2nc(CC(=O)N3CCC(N4CCCCC4)CC3)cs2)c2c1-c1nc(N)ncc1CC2(C)C. The first-order valence-electron chi connectivity index (χ1n) is 14.2. The summed E-state index contributed by atoms with van der Waals surface area (Å²) < 4.78 is 1.69. The third kappa shape index (κ3) is 5.10. The number of fused-ring (bicyclic) bond motifs is 3. The van der Waals surface area contributed by atoms with Crippen LogP contribution in [0.2, 0.25) is 0 Å². The Balaban J connectivity index is 1.11. The largest absolute Gasteiger partial charge is 0.368 e. The minimum absolute atomic E-state index is 0.0979. The van der Waals surface area contributed by atoms with E-state index < -0.39 is 0 Å². The van der Waals surface area contributed by atoms with Gasteiger partial charge in [0.2, 0.25) is 11.9 Å². The molecule has 0 unspecified atom stereocenters. The Bertz CT molecular complexity index is 1430. The van der Waals surface area contributed by atoms with E-state index in [2.05, 4.69) is 44.1 Å². The summed E-state index contributed by atoms with van der Waals surface area (Å²) in [5.74, 6) is -0.0454. The number of rotatable bonds is 5. The zero-order valence-electron chi connectivity index (χ0n) is 23.4. The third-order valence-corrected chi connectivity index (χ3v) is 9.31. The van der Waals surface area contributed by atoms with Crippen molar-refractivity contribution in [1.29, 1.82) is 0 Å². The lowest BCUT2D eigenvalue weighted by Crippen LogP contribution is -2.48. The predicted molar refractivity (Wildman–Crippen MR) is 154 cm³/mol. The lowest BCUT2D eigenvalue weighted by molar-refractivity contribution is -0.132. The summed E-state index contributed by atoms with van der Waals surface area (Å²) in [5.41, 5.74) is 9.84. The highest BCUT2D eigenvalue weighted by atomic mass is 32.1. The van der Waals surface area contributed by atoms with Crippen molar-refractivity contribution in [2.75, 3.05) is 37.2 Å². The molecule has 0 bridgehead atoms. The van der Waals surface area contributed by atoms with Gasteiger partial charge < -0.3 is 15.5 Å². The summed E-state index contributed by atoms with van der Waals surface area (Å²) in [4.78, 5) is 44.2. The van der Waals surface area contributed by atoms with Crippen LogP contribution in [0.4, 0.5) is 11.1 Å². The van der Waals surface area contributed by atoms with Gasteiger partial charge in [0.05, 0.1) is 23.5 Å². The smallest absolute Gasteiger partial charge is 0.278 e. The van der Waals surface area contributed by atoms with Crippen molar-refractivity contribution in [2.45, 2.75) is 70.3 Å². The molecule has 0 saturated carbocycles. The van der Waals surface area contributed by atoms with Crippen LogP contribution in [0.5, 0.6) is 0 Å². The van der Waals surface area contributed by atoms with Gasteiger partial charge in [-0.05, 0) is 56.2 Å². The van der Waals surface area contributed by atoms with Crippen LogP contribution in [0, 0.1) is 0 Å². The highest BCUT2D eigenvalue weighted by molar-refractivity contribution is 7.14. The molecular formula is C28H37N9O2S. The number of anilines is 2. The maximum Gasteiger partial charge on any atom is 0.278 e. The minimum atomic E-state index is -0.356. The average molecular weight is 564 g/mol. The van der Waals surface area contributed by atoms with Crippen LogP contribution >= 0.6 is 11.3 Å². The molecule has 0 aromatic carbocycles. The molecule has 0 radical (unpaired) electrons. The van der Waals surface area contributed by atoms with Gasteiger partial charge in [0, 0.05) is 43.3 Å². The Labute approximate surface area is 238 Å². The molecular weight excluding hydrogens is 526 g/mol. The molecule has 2 fully saturated rings. The van der Waals surface area contributed by atoms with Gasteiger partial charge in [0.25, 0.3) is 5.91 Å². The Morgan fingerprint density at radius 2 is 1.88 bits per heavy atom. The van der Waals surface area contributed by atoms with Crippen molar-refractivity contribution in [3.63, 3.8) is 0 Å². The summed E-state index contributed by atoms with van der Waals surface area (Å²) in [6.07, 6.45) is 8.66. The second kappa shape index (κ2) is 10.5.